The molecule has 0 saturated heterocycles. The van der Waals surface area contributed by atoms with Crippen LogP contribution in [0.25, 0.3) is 0 Å². The molecule has 18 heavy (non-hydrogen) atoms. The molecule has 1 atom stereocenters. The van der Waals surface area contributed by atoms with E-state index in [1.54, 1.807) is 0 Å². The highest BCUT2D eigenvalue weighted by atomic mass is 35.5. The second-order valence-electron chi connectivity index (χ2n) is 3.30. The predicted molar refractivity (Wildman–Crippen MR) is 53.2 cm³/mol. The first-order chi connectivity index (χ1) is 7.57. The van der Waals surface area contributed by atoms with E-state index in [2.05, 4.69) is 0 Å². The minimum absolute atomic E-state index is 0. The van der Waals surface area contributed by atoms with E-state index in [4.69, 9.17) is 10.8 Å². The van der Waals surface area contributed by atoms with Crippen LogP contribution in [0.15, 0.2) is 18.2 Å². The Kier molecular flexibility index (Phi) is 4.90. The van der Waals surface area contributed by atoms with E-state index in [9.17, 15) is 26.3 Å². The third kappa shape index (κ3) is 2.99. The summed E-state index contributed by atoms with van der Waals surface area (Å²) in [4.78, 5) is 0. The fourth-order valence-corrected chi connectivity index (χ4v) is 1.14. The van der Waals surface area contributed by atoms with Crippen molar-refractivity contribution in [1.82, 2.24) is 0 Å². The van der Waals surface area contributed by atoms with Crippen molar-refractivity contribution in [3.8, 4) is 5.75 Å². The summed E-state index contributed by atoms with van der Waals surface area (Å²) in [7, 11) is 0. The van der Waals surface area contributed by atoms with Crippen LogP contribution in [0, 0.1) is 5.82 Å². The van der Waals surface area contributed by atoms with Crippen LogP contribution in [0.4, 0.5) is 26.3 Å². The van der Waals surface area contributed by atoms with Crippen molar-refractivity contribution in [3.63, 3.8) is 0 Å². The molecule has 0 radical (unpaired) electrons. The van der Waals surface area contributed by atoms with Gasteiger partial charge in [-0.3, -0.25) is 0 Å². The van der Waals surface area contributed by atoms with E-state index in [1.165, 1.54) is 0 Å². The molecular weight excluding hydrogens is 288 g/mol. The highest BCUT2D eigenvalue weighted by Gasteiger charge is 2.62. The molecular formula is C9H8ClF6NO. The molecule has 3 N–H and O–H groups in total. The summed E-state index contributed by atoms with van der Waals surface area (Å²) in [5.74, 6) is -7.29. The van der Waals surface area contributed by atoms with Gasteiger partial charge in [0.05, 0.1) is 0 Å². The molecule has 0 amide bonds. The maximum absolute atomic E-state index is 13.1. The van der Waals surface area contributed by atoms with Crippen LogP contribution >= 0.6 is 12.4 Å². The molecule has 0 saturated carbocycles. The summed E-state index contributed by atoms with van der Waals surface area (Å²) in [5.41, 5.74) is 3.70. The van der Waals surface area contributed by atoms with Crippen molar-refractivity contribution in [1.29, 1.82) is 0 Å². The second kappa shape index (κ2) is 5.23. The van der Waals surface area contributed by atoms with Crippen molar-refractivity contribution in [2.24, 2.45) is 5.73 Å². The van der Waals surface area contributed by atoms with Gasteiger partial charge >= 0.3 is 12.1 Å². The maximum atomic E-state index is 13.1. The Labute approximate surface area is 104 Å². The highest BCUT2D eigenvalue weighted by molar-refractivity contribution is 5.85. The van der Waals surface area contributed by atoms with Gasteiger partial charge in [0.15, 0.2) is 0 Å². The molecule has 0 aliphatic carbocycles. The van der Waals surface area contributed by atoms with Crippen LogP contribution in [0.5, 0.6) is 5.75 Å². The number of benzene rings is 1. The van der Waals surface area contributed by atoms with Crippen molar-refractivity contribution in [2.75, 3.05) is 0 Å². The van der Waals surface area contributed by atoms with E-state index >= 15 is 0 Å². The molecule has 1 aromatic rings. The number of rotatable bonds is 2. The number of aromatic hydroxyl groups is 1. The molecule has 0 spiro atoms. The SMILES string of the molecule is Cl.N[C@@H](c1ccc(O)cc1F)C(F)(F)C(F)(F)F. The van der Waals surface area contributed by atoms with Gasteiger partial charge in [-0.25, -0.2) is 4.39 Å². The lowest BCUT2D eigenvalue weighted by Crippen LogP contribution is -2.46. The Morgan fingerprint density at radius 3 is 2.00 bits per heavy atom. The molecule has 0 unspecified atom stereocenters. The topological polar surface area (TPSA) is 46.2 Å². The van der Waals surface area contributed by atoms with E-state index in [0.717, 1.165) is 6.07 Å². The second-order valence-corrected chi connectivity index (χ2v) is 3.30. The lowest BCUT2D eigenvalue weighted by atomic mass is 10.0. The number of phenols is 1. The summed E-state index contributed by atoms with van der Waals surface area (Å²) >= 11 is 0. The summed E-state index contributed by atoms with van der Waals surface area (Å²) < 4.78 is 74.6. The average molecular weight is 296 g/mol. The Morgan fingerprint density at radius 2 is 1.61 bits per heavy atom. The zero-order valence-corrected chi connectivity index (χ0v) is 9.33. The number of nitrogens with two attached hydrogens (primary N) is 1. The molecule has 0 aromatic heterocycles. The van der Waals surface area contributed by atoms with Crippen molar-refractivity contribution in [3.05, 3.63) is 29.6 Å². The Morgan fingerprint density at radius 1 is 1.11 bits per heavy atom. The van der Waals surface area contributed by atoms with Crippen LogP contribution in [-0.2, 0) is 0 Å². The minimum atomic E-state index is -5.88. The molecule has 1 aromatic carbocycles. The molecule has 0 aliphatic heterocycles. The first-order valence-electron chi connectivity index (χ1n) is 4.26. The summed E-state index contributed by atoms with van der Waals surface area (Å²) in [6.07, 6.45) is -5.88. The monoisotopic (exact) mass is 295 g/mol. The van der Waals surface area contributed by atoms with Gasteiger partial charge in [-0.15, -0.1) is 12.4 Å². The van der Waals surface area contributed by atoms with E-state index in [-0.39, 0.29) is 12.4 Å². The quantitative estimate of drug-likeness (QED) is 0.823. The van der Waals surface area contributed by atoms with Crippen LogP contribution in [0.3, 0.4) is 0 Å². The van der Waals surface area contributed by atoms with E-state index < -0.39 is 35.3 Å². The van der Waals surface area contributed by atoms with E-state index in [1.807, 2.05) is 0 Å². The van der Waals surface area contributed by atoms with Gasteiger partial charge in [0, 0.05) is 11.6 Å². The fraction of sp³-hybridized carbons (Fsp3) is 0.333. The first-order valence-corrected chi connectivity index (χ1v) is 4.26. The number of halogens is 7. The first kappa shape index (κ1) is 16.9. The lowest BCUT2D eigenvalue weighted by Gasteiger charge is -2.26. The lowest BCUT2D eigenvalue weighted by molar-refractivity contribution is -0.291. The van der Waals surface area contributed by atoms with Crippen molar-refractivity contribution < 1.29 is 31.4 Å². The van der Waals surface area contributed by atoms with Crippen molar-refractivity contribution >= 4 is 12.4 Å². The number of hydrogen-bond donors (Lipinski definition) is 2. The molecule has 104 valence electrons. The summed E-state index contributed by atoms with van der Waals surface area (Å²) in [6, 6.07) is -1.12. The van der Waals surface area contributed by atoms with Crippen LogP contribution in [0.2, 0.25) is 0 Å². The molecule has 0 aliphatic rings. The van der Waals surface area contributed by atoms with Gasteiger partial charge < -0.3 is 10.8 Å². The molecule has 2 nitrogen and oxygen atoms in total. The predicted octanol–water partition coefficient (Wildman–Crippen LogP) is 3.15. The average Bonchev–Trinajstić information content (AvgIpc) is 2.14. The molecule has 0 bridgehead atoms. The number of alkyl halides is 5. The van der Waals surface area contributed by atoms with Gasteiger partial charge in [0.25, 0.3) is 0 Å². The molecule has 9 heteroatoms. The summed E-state index contributed by atoms with van der Waals surface area (Å²) in [5, 5.41) is 8.79. The third-order valence-electron chi connectivity index (χ3n) is 2.09. The minimum Gasteiger partial charge on any atom is -0.508 e. The standard InChI is InChI=1S/C9H7F6NO.ClH/c10-6-3-4(17)1-2-5(6)7(16)8(11,12)9(13,14)15;/h1-3,7,17H,16H2;1H/t7-;/m0./s1. The highest BCUT2D eigenvalue weighted by Crippen LogP contribution is 2.43. The van der Waals surface area contributed by atoms with Gasteiger partial charge in [-0.1, -0.05) is 6.07 Å². The van der Waals surface area contributed by atoms with Crippen molar-refractivity contribution in [2.45, 2.75) is 18.1 Å². The molecule has 0 heterocycles. The molecule has 0 fully saturated rings. The van der Waals surface area contributed by atoms with E-state index in [0.29, 0.717) is 12.1 Å². The van der Waals surface area contributed by atoms with Crippen LogP contribution in [0.1, 0.15) is 11.6 Å². The fourth-order valence-electron chi connectivity index (χ4n) is 1.14. The van der Waals surface area contributed by atoms with Crippen LogP contribution in [-0.4, -0.2) is 17.2 Å². The third-order valence-corrected chi connectivity index (χ3v) is 2.09. The maximum Gasteiger partial charge on any atom is 0.455 e. The zero-order valence-electron chi connectivity index (χ0n) is 8.51. The largest absolute Gasteiger partial charge is 0.508 e. The summed E-state index contributed by atoms with van der Waals surface area (Å²) in [6.45, 7) is 0. The van der Waals surface area contributed by atoms with Crippen LogP contribution < -0.4 is 5.73 Å². The Hall–Kier alpha value is -1.15. The Bertz CT molecular complexity index is 422. The smallest absolute Gasteiger partial charge is 0.455 e. The molecule has 1 rings (SSSR count). The Balaban J connectivity index is 0.00000289. The zero-order chi connectivity index (χ0) is 13.4. The normalized spacial score (nSPS) is 13.9. The van der Waals surface area contributed by atoms with Gasteiger partial charge in [0.2, 0.25) is 0 Å². The number of hydrogen-bond acceptors (Lipinski definition) is 2. The van der Waals surface area contributed by atoms with Gasteiger partial charge in [-0.2, -0.15) is 22.0 Å². The number of phenolic OH excluding ortho intramolecular Hbond substituents is 1. The van der Waals surface area contributed by atoms with Gasteiger partial charge in [-0.05, 0) is 6.07 Å². The van der Waals surface area contributed by atoms with Gasteiger partial charge in [0.1, 0.15) is 17.6 Å².